The van der Waals surface area contributed by atoms with Gasteiger partial charge in [-0.1, -0.05) is 23.4 Å². The van der Waals surface area contributed by atoms with Gasteiger partial charge < -0.3 is 10.4 Å². The van der Waals surface area contributed by atoms with E-state index in [1.54, 1.807) is 36.4 Å². The van der Waals surface area contributed by atoms with Crippen LogP contribution in [0.3, 0.4) is 0 Å². The van der Waals surface area contributed by atoms with Crippen molar-refractivity contribution in [3.63, 3.8) is 0 Å². The van der Waals surface area contributed by atoms with Gasteiger partial charge in [0.2, 0.25) is 0 Å². The van der Waals surface area contributed by atoms with Crippen LogP contribution >= 0.6 is 11.6 Å². The molecule has 21 heavy (non-hydrogen) atoms. The highest BCUT2D eigenvalue weighted by atomic mass is 35.5. The number of carbonyl (C=O) groups is 1. The predicted molar refractivity (Wildman–Crippen MR) is 82.2 cm³/mol. The van der Waals surface area contributed by atoms with Gasteiger partial charge in [-0.25, -0.2) is 4.98 Å². The quantitative estimate of drug-likeness (QED) is 0.857. The van der Waals surface area contributed by atoms with Gasteiger partial charge >= 0.3 is 0 Å². The minimum Gasteiger partial charge on any atom is -0.395 e. The average Bonchev–Trinajstić information content (AvgIpc) is 2.50. The maximum Gasteiger partial charge on any atom is 0.275 e. The fourth-order valence-electron chi connectivity index (χ4n) is 1.62. The van der Waals surface area contributed by atoms with E-state index in [4.69, 9.17) is 16.7 Å². The lowest BCUT2D eigenvalue weighted by Crippen LogP contribution is -2.15. The van der Waals surface area contributed by atoms with Gasteiger partial charge in [0, 0.05) is 23.3 Å². The van der Waals surface area contributed by atoms with E-state index in [-0.39, 0.29) is 18.2 Å². The molecule has 0 aliphatic rings. The number of hydrogen-bond donors (Lipinski definition) is 2. The van der Waals surface area contributed by atoms with E-state index in [2.05, 4.69) is 22.1 Å². The van der Waals surface area contributed by atoms with Crippen molar-refractivity contribution in [2.75, 3.05) is 11.9 Å². The molecule has 0 aliphatic carbocycles. The molecule has 1 heterocycles. The lowest BCUT2D eigenvalue weighted by Gasteiger charge is -2.06. The minimum atomic E-state index is -0.341. The molecule has 0 radical (unpaired) electrons. The second-order valence-electron chi connectivity index (χ2n) is 4.14. The predicted octanol–water partition coefficient (Wildman–Crippen LogP) is 2.72. The number of amides is 1. The third-order valence-corrected chi connectivity index (χ3v) is 2.84. The fraction of sp³-hybridized carbons (Fsp3) is 0.125. The molecule has 1 aromatic carbocycles. The van der Waals surface area contributed by atoms with Gasteiger partial charge in [0.15, 0.2) is 0 Å². The maximum atomic E-state index is 12.2. The minimum absolute atomic E-state index is 0.0143. The van der Waals surface area contributed by atoms with Gasteiger partial charge in [-0.2, -0.15) is 0 Å². The van der Waals surface area contributed by atoms with Crippen molar-refractivity contribution in [3.05, 3.63) is 58.9 Å². The van der Waals surface area contributed by atoms with E-state index in [1.807, 2.05) is 0 Å². The number of pyridine rings is 1. The van der Waals surface area contributed by atoms with Crippen molar-refractivity contribution in [3.8, 4) is 11.8 Å². The van der Waals surface area contributed by atoms with Crippen LogP contribution in [0.1, 0.15) is 22.5 Å². The molecule has 1 aromatic heterocycles. The molecule has 5 heteroatoms. The van der Waals surface area contributed by atoms with Gasteiger partial charge in [0.1, 0.15) is 5.69 Å². The lowest BCUT2D eigenvalue weighted by molar-refractivity contribution is 0.102. The molecule has 0 fully saturated rings. The van der Waals surface area contributed by atoms with Crippen molar-refractivity contribution < 1.29 is 9.90 Å². The summed E-state index contributed by atoms with van der Waals surface area (Å²) < 4.78 is 0. The number of halogens is 1. The summed E-state index contributed by atoms with van der Waals surface area (Å²) in [5.41, 5.74) is 1.40. The van der Waals surface area contributed by atoms with Crippen LogP contribution in [0.2, 0.25) is 5.02 Å². The second kappa shape index (κ2) is 7.44. The van der Waals surface area contributed by atoms with Crippen LogP contribution in [-0.2, 0) is 0 Å². The largest absolute Gasteiger partial charge is 0.395 e. The summed E-state index contributed by atoms with van der Waals surface area (Å²) in [5, 5.41) is 12.1. The Morgan fingerprint density at radius 1 is 1.29 bits per heavy atom. The van der Waals surface area contributed by atoms with Crippen molar-refractivity contribution in [1.82, 2.24) is 4.98 Å². The summed E-state index contributed by atoms with van der Waals surface area (Å²) in [5.74, 6) is 5.27. The second-order valence-corrected chi connectivity index (χ2v) is 4.57. The highest BCUT2D eigenvalue weighted by Gasteiger charge is 2.11. The van der Waals surface area contributed by atoms with Crippen molar-refractivity contribution >= 4 is 23.2 Å². The van der Waals surface area contributed by atoms with E-state index in [9.17, 15) is 4.79 Å². The third-order valence-electron chi connectivity index (χ3n) is 2.58. The molecule has 0 saturated carbocycles. The molecule has 0 spiro atoms. The summed E-state index contributed by atoms with van der Waals surface area (Å²) in [6, 6.07) is 10.2. The molecular weight excluding hydrogens is 288 g/mol. The van der Waals surface area contributed by atoms with Gasteiger partial charge in [-0.3, -0.25) is 4.79 Å². The first-order chi connectivity index (χ1) is 10.2. The Bertz CT molecular complexity index is 687. The highest BCUT2D eigenvalue weighted by molar-refractivity contribution is 6.30. The molecule has 2 N–H and O–H groups in total. The Balaban J connectivity index is 2.19. The lowest BCUT2D eigenvalue weighted by atomic mass is 10.1. The summed E-state index contributed by atoms with van der Waals surface area (Å²) in [6.07, 6.45) is 1.89. The Morgan fingerprint density at radius 3 is 2.76 bits per heavy atom. The molecule has 2 rings (SSSR count). The van der Waals surface area contributed by atoms with Crippen LogP contribution < -0.4 is 5.32 Å². The van der Waals surface area contributed by atoms with E-state index in [0.29, 0.717) is 22.7 Å². The van der Waals surface area contributed by atoms with E-state index >= 15 is 0 Å². The van der Waals surface area contributed by atoms with Crippen molar-refractivity contribution in [2.24, 2.45) is 0 Å². The average molecular weight is 301 g/mol. The standard InChI is InChI=1S/C16H13ClN2O2/c17-13-6-8-14(9-7-13)19-16(21)15-12(4-1-2-11-20)5-3-10-18-15/h3,5-10,20H,2,11H2,(H,19,21). The molecular formula is C16H13ClN2O2. The van der Waals surface area contributed by atoms with E-state index in [0.717, 1.165) is 0 Å². The van der Waals surface area contributed by atoms with Crippen LogP contribution in [0.15, 0.2) is 42.6 Å². The third kappa shape index (κ3) is 4.32. The number of carbonyl (C=O) groups excluding carboxylic acids is 1. The zero-order valence-corrected chi connectivity index (χ0v) is 11.9. The zero-order chi connectivity index (χ0) is 15.1. The Labute approximate surface area is 127 Å². The number of aromatic nitrogens is 1. The van der Waals surface area contributed by atoms with Crippen molar-refractivity contribution in [2.45, 2.75) is 6.42 Å². The normalized spacial score (nSPS) is 9.62. The molecule has 0 unspecified atom stereocenters. The topological polar surface area (TPSA) is 62.2 Å². The number of aliphatic hydroxyl groups is 1. The first-order valence-corrected chi connectivity index (χ1v) is 6.70. The number of rotatable bonds is 3. The van der Waals surface area contributed by atoms with E-state index < -0.39 is 0 Å². The molecule has 0 atom stereocenters. The Morgan fingerprint density at radius 2 is 2.05 bits per heavy atom. The molecule has 2 aromatic rings. The molecule has 1 amide bonds. The summed E-state index contributed by atoms with van der Waals surface area (Å²) in [4.78, 5) is 16.3. The Kier molecular flexibility index (Phi) is 5.33. The molecule has 4 nitrogen and oxygen atoms in total. The van der Waals surface area contributed by atoms with Gasteiger partial charge in [0.25, 0.3) is 5.91 Å². The van der Waals surface area contributed by atoms with Gasteiger partial charge in [-0.05, 0) is 36.4 Å². The summed E-state index contributed by atoms with van der Waals surface area (Å²) in [7, 11) is 0. The van der Waals surface area contributed by atoms with Crippen LogP contribution in [0.4, 0.5) is 5.69 Å². The zero-order valence-electron chi connectivity index (χ0n) is 11.1. The van der Waals surface area contributed by atoms with Crippen LogP contribution in [-0.4, -0.2) is 22.6 Å². The summed E-state index contributed by atoms with van der Waals surface area (Å²) >= 11 is 5.80. The fourth-order valence-corrected chi connectivity index (χ4v) is 1.75. The maximum absolute atomic E-state index is 12.2. The highest BCUT2D eigenvalue weighted by Crippen LogP contribution is 2.15. The first kappa shape index (κ1) is 15.0. The van der Waals surface area contributed by atoms with Crippen molar-refractivity contribution in [1.29, 1.82) is 0 Å². The SMILES string of the molecule is O=C(Nc1ccc(Cl)cc1)c1ncccc1C#CCCO. The molecule has 0 aliphatic heterocycles. The van der Waals surface area contributed by atoms with E-state index in [1.165, 1.54) is 6.20 Å². The number of hydrogen-bond acceptors (Lipinski definition) is 3. The van der Waals surface area contributed by atoms with Crippen LogP contribution in [0, 0.1) is 11.8 Å². The molecule has 106 valence electrons. The number of aliphatic hydroxyl groups excluding tert-OH is 1. The van der Waals surface area contributed by atoms with Gasteiger partial charge in [-0.15, -0.1) is 0 Å². The monoisotopic (exact) mass is 300 g/mol. The smallest absolute Gasteiger partial charge is 0.275 e. The number of nitrogens with zero attached hydrogens (tertiary/aromatic N) is 1. The number of anilines is 1. The number of nitrogens with one attached hydrogen (secondary N) is 1. The number of benzene rings is 1. The van der Waals surface area contributed by atoms with Gasteiger partial charge in [0.05, 0.1) is 12.2 Å². The van der Waals surface area contributed by atoms with Crippen LogP contribution in [0.25, 0.3) is 0 Å². The molecule has 0 saturated heterocycles. The first-order valence-electron chi connectivity index (χ1n) is 6.32. The van der Waals surface area contributed by atoms with Crippen LogP contribution in [0.5, 0.6) is 0 Å². The summed E-state index contributed by atoms with van der Waals surface area (Å²) in [6.45, 7) is -0.0143. The molecule has 0 bridgehead atoms. The Hall–Kier alpha value is -2.35.